The summed E-state index contributed by atoms with van der Waals surface area (Å²) in [5, 5.41) is 9.06. The Morgan fingerprint density at radius 3 is 1.90 bits per heavy atom. The van der Waals surface area contributed by atoms with Crippen LogP contribution in [0.15, 0.2) is 48.5 Å². The van der Waals surface area contributed by atoms with Crippen LogP contribution in [0.25, 0.3) is 12.2 Å². The summed E-state index contributed by atoms with van der Waals surface area (Å²) in [4.78, 5) is 2.16. The third-order valence-electron chi connectivity index (χ3n) is 3.56. The minimum Gasteiger partial charge on any atom is -0.395 e. The number of nitrogens with zero attached hydrogens (tertiary/aromatic N) is 1. The normalized spacial score (nSPS) is 11.0. The monoisotopic (exact) mass is 281 g/mol. The van der Waals surface area contributed by atoms with Gasteiger partial charge in [-0.2, -0.15) is 0 Å². The molecule has 0 aliphatic heterocycles. The van der Waals surface area contributed by atoms with E-state index in [2.05, 4.69) is 79.4 Å². The molecule has 2 heteroatoms. The third kappa shape index (κ3) is 4.47. The first kappa shape index (κ1) is 15.3. The van der Waals surface area contributed by atoms with E-state index in [9.17, 15) is 0 Å². The van der Waals surface area contributed by atoms with Crippen molar-refractivity contribution in [1.82, 2.24) is 0 Å². The molecule has 0 fully saturated rings. The van der Waals surface area contributed by atoms with Gasteiger partial charge in [0.05, 0.1) is 6.61 Å². The molecule has 1 N–H and O–H groups in total. The van der Waals surface area contributed by atoms with Crippen LogP contribution in [-0.2, 0) is 0 Å². The molecule has 0 aliphatic carbocycles. The summed E-state index contributed by atoms with van der Waals surface area (Å²) in [7, 11) is 0. The second-order valence-electron chi connectivity index (χ2n) is 5.14. The molecule has 2 rings (SSSR count). The predicted octanol–water partition coefficient (Wildman–Crippen LogP) is 3.98. The van der Waals surface area contributed by atoms with E-state index in [1.165, 1.54) is 16.7 Å². The van der Waals surface area contributed by atoms with Crippen molar-refractivity contribution in [2.45, 2.75) is 13.8 Å². The number of hydrogen-bond acceptors (Lipinski definition) is 2. The molecule has 2 nitrogen and oxygen atoms in total. The first-order valence-corrected chi connectivity index (χ1v) is 7.43. The topological polar surface area (TPSA) is 23.5 Å². The smallest absolute Gasteiger partial charge is 0.0606 e. The Morgan fingerprint density at radius 2 is 1.43 bits per heavy atom. The molecule has 0 saturated carbocycles. The molecule has 0 aliphatic rings. The van der Waals surface area contributed by atoms with Crippen LogP contribution in [0.5, 0.6) is 0 Å². The molecule has 0 spiro atoms. The molecule has 0 bridgehead atoms. The van der Waals surface area contributed by atoms with Gasteiger partial charge in [-0.05, 0) is 37.1 Å². The van der Waals surface area contributed by atoms with Crippen molar-refractivity contribution in [1.29, 1.82) is 0 Å². The Bertz CT molecular complexity index is 570. The highest BCUT2D eigenvalue weighted by Gasteiger charge is 2.02. The minimum atomic E-state index is 0.183. The molecule has 110 valence electrons. The Hall–Kier alpha value is -2.06. The van der Waals surface area contributed by atoms with Gasteiger partial charge >= 0.3 is 0 Å². The average molecular weight is 281 g/mol. The molecule has 2 aromatic carbocycles. The van der Waals surface area contributed by atoms with Crippen molar-refractivity contribution in [2.24, 2.45) is 0 Å². The zero-order valence-corrected chi connectivity index (χ0v) is 12.8. The summed E-state index contributed by atoms with van der Waals surface area (Å²) in [6.07, 6.45) is 4.25. The highest BCUT2D eigenvalue weighted by Crippen LogP contribution is 2.16. The van der Waals surface area contributed by atoms with Gasteiger partial charge in [0.1, 0.15) is 0 Å². The molecule has 0 saturated heterocycles. The van der Waals surface area contributed by atoms with Gasteiger partial charge in [-0.15, -0.1) is 0 Å². The van der Waals surface area contributed by atoms with E-state index in [1.54, 1.807) is 0 Å². The number of aryl methyl sites for hydroxylation is 1. The van der Waals surface area contributed by atoms with Gasteiger partial charge in [-0.3, -0.25) is 0 Å². The number of rotatable bonds is 6. The number of hydrogen-bond donors (Lipinski definition) is 1. The molecular weight excluding hydrogens is 258 g/mol. The highest BCUT2D eigenvalue weighted by molar-refractivity contribution is 5.70. The van der Waals surface area contributed by atoms with Crippen LogP contribution in [0.4, 0.5) is 5.69 Å². The maximum atomic E-state index is 9.06. The maximum Gasteiger partial charge on any atom is 0.0606 e. The molecule has 0 atom stereocenters. The van der Waals surface area contributed by atoms with Crippen LogP contribution in [0.3, 0.4) is 0 Å². The summed E-state index contributed by atoms with van der Waals surface area (Å²) in [5.41, 5.74) is 4.82. The second kappa shape index (κ2) is 7.65. The van der Waals surface area contributed by atoms with Gasteiger partial charge in [0.2, 0.25) is 0 Å². The molecular formula is C19H23NO. The first-order valence-electron chi connectivity index (χ1n) is 7.43. The van der Waals surface area contributed by atoms with Gasteiger partial charge in [0.25, 0.3) is 0 Å². The first-order chi connectivity index (χ1) is 10.2. The molecule has 0 aromatic heterocycles. The second-order valence-corrected chi connectivity index (χ2v) is 5.14. The van der Waals surface area contributed by atoms with E-state index in [1.807, 2.05) is 0 Å². The van der Waals surface area contributed by atoms with Gasteiger partial charge in [-0.1, -0.05) is 54.1 Å². The largest absolute Gasteiger partial charge is 0.395 e. The molecule has 0 radical (unpaired) electrons. The van der Waals surface area contributed by atoms with Crippen molar-refractivity contribution >= 4 is 17.8 Å². The summed E-state index contributed by atoms with van der Waals surface area (Å²) in [6, 6.07) is 16.9. The van der Waals surface area contributed by atoms with E-state index < -0.39 is 0 Å². The summed E-state index contributed by atoms with van der Waals surface area (Å²) < 4.78 is 0. The Morgan fingerprint density at radius 1 is 0.905 bits per heavy atom. The van der Waals surface area contributed by atoms with Crippen LogP contribution in [-0.4, -0.2) is 24.8 Å². The molecule has 0 heterocycles. The summed E-state index contributed by atoms with van der Waals surface area (Å²) >= 11 is 0. The van der Waals surface area contributed by atoms with E-state index >= 15 is 0 Å². The number of anilines is 1. The summed E-state index contributed by atoms with van der Waals surface area (Å²) in [5.74, 6) is 0. The zero-order chi connectivity index (χ0) is 15.1. The summed E-state index contributed by atoms with van der Waals surface area (Å²) in [6.45, 7) is 5.95. The number of aliphatic hydroxyl groups is 1. The fourth-order valence-electron chi connectivity index (χ4n) is 2.26. The Balaban J connectivity index is 2.06. The Kier molecular flexibility index (Phi) is 5.59. The number of likely N-dealkylation sites (N-methyl/N-ethyl adjacent to an activating group) is 1. The van der Waals surface area contributed by atoms with Crippen LogP contribution >= 0.6 is 0 Å². The van der Waals surface area contributed by atoms with Gasteiger partial charge in [-0.25, -0.2) is 0 Å². The average Bonchev–Trinajstić information content (AvgIpc) is 2.53. The van der Waals surface area contributed by atoms with E-state index in [4.69, 9.17) is 5.11 Å². The van der Waals surface area contributed by atoms with Gasteiger partial charge < -0.3 is 10.0 Å². The van der Waals surface area contributed by atoms with E-state index in [0.717, 1.165) is 12.2 Å². The van der Waals surface area contributed by atoms with Crippen molar-refractivity contribution in [3.63, 3.8) is 0 Å². The van der Waals surface area contributed by atoms with Crippen LogP contribution in [0, 0.1) is 6.92 Å². The SMILES string of the molecule is CCN(CCO)c1ccc(C=Cc2ccc(C)cc2)cc1. The van der Waals surface area contributed by atoms with Gasteiger partial charge in [0, 0.05) is 18.8 Å². The van der Waals surface area contributed by atoms with Crippen molar-refractivity contribution < 1.29 is 5.11 Å². The lowest BCUT2D eigenvalue weighted by Gasteiger charge is -2.21. The maximum absolute atomic E-state index is 9.06. The minimum absolute atomic E-state index is 0.183. The molecule has 0 unspecified atom stereocenters. The lowest BCUT2D eigenvalue weighted by molar-refractivity contribution is 0.302. The molecule has 0 amide bonds. The van der Waals surface area contributed by atoms with Crippen molar-refractivity contribution in [3.8, 4) is 0 Å². The molecule has 21 heavy (non-hydrogen) atoms. The lowest BCUT2D eigenvalue weighted by atomic mass is 10.1. The van der Waals surface area contributed by atoms with Gasteiger partial charge in [0.15, 0.2) is 0 Å². The standard InChI is InChI=1S/C19H23NO/c1-3-20(14-15-21)19-12-10-18(11-13-19)9-8-17-6-4-16(2)5-7-17/h4-13,21H,3,14-15H2,1-2H3. The van der Waals surface area contributed by atoms with Crippen molar-refractivity contribution in [3.05, 3.63) is 65.2 Å². The third-order valence-corrected chi connectivity index (χ3v) is 3.56. The van der Waals surface area contributed by atoms with Crippen LogP contribution < -0.4 is 4.90 Å². The van der Waals surface area contributed by atoms with Crippen molar-refractivity contribution in [2.75, 3.05) is 24.6 Å². The van der Waals surface area contributed by atoms with Crippen LogP contribution in [0.1, 0.15) is 23.6 Å². The lowest BCUT2D eigenvalue weighted by Crippen LogP contribution is -2.25. The zero-order valence-electron chi connectivity index (χ0n) is 12.8. The number of benzene rings is 2. The number of aliphatic hydroxyl groups excluding tert-OH is 1. The fraction of sp³-hybridized carbons (Fsp3) is 0.263. The predicted molar refractivity (Wildman–Crippen MR) is 91.5 cm³/mol. The Labute approximate surface area is 127 Å². The van der Waals surface area contributed by atoms with Crippen LogP contribution in [0.2, 0.25) is 0 Å². The molecule has 2 aromatic rings. The quantitative estimate of drug-likeness (QED) is 0.809. The van der Waals surface area contributed by atoms with E-state index in [0.29, 0.717) is 6.54 Å². The van der Waals surface area contributed by atoms with E-state index in [-0.39, 0.29) is 6.61 Å². The fourth-order valence-corrected chi connectivity index (χ4v) is 2.26. The highest BCUT2D eigenvalue weighted by atomic mass is 16.3.